The minimum absolute atomic E-state index is 0.0751. The van der Waals surface area contributed by atoms with Gasteiger partial charge in [-0.3, -0.25) is 9.59 Å². The molecule has 0 aliphatic heterocycles. The zero-order valence-corrected chi connectivity index (χ0v) is 15.7. The van der Waals surface area contributed by atoms with E-state index >= 15 is 0 Å². The Labute approximate surface area is 157 Å². The molecule has 27 heavy (non-hydrogen) atoms. The molecule has 6 nitrogen and oxygen atoms in total. The number of methoxy groups -OCH3 is 1. The minimum Gasteiger partial charge on any atom is -0.481 e. The highest BCUT2D eigenvalue weighted by atomic mass is 16.5. The van der Waals surface area contributed by atoms with Gasteiger partial charge in [0, 0.05) is 29.6 Å². The third kappa shape index (κ3) is 4.16. The molecular weight excluding hydrogens is 342 g/mol. The molecule has 1 N–H and O–H groups in total. The Morgan fingerprint density at radius 3 is 2.56 bits per heavy atom. The maximum Gasteiger partial charge on any atom is 0.258 e. The summed E-state index contributed by atoms with van der Waals surface area (Å²) in [5, 5.41) is 4.03. The van der Waals surface area contributed by atoms with Crippen molar-refractivity contribution in [3.8, 4) is 5.88 Å². The molecule has 2 aromatic heterocycles. The van der Waals surface area contributed by atoms with Crippen molar-refractivity contribution in [1.82, 2.24) is 9.55 Å². The van der Waals surface area contributed by atoms with Crippen LogP contribution in [0.5, 0.6) is 5.88 Å². The number of pyridine rings is 2. The van der Waals surface area contributed by atoms with Gasteiger partial charge in [-0.05, 0) is 24.5 Å². The maximum absolute atomic E-state index is 12.9. The average molecular weight is 365 g/mol. The van der Waals surface area contributed by atoms with E-state index in [0.717, 1.165) is 6.42 Å². The molecule has 1 aromatic carbocycles. The summed E-state index contributed by atoms with van der Waals surface area (Å²) in [5.41, 5.74) is 0.948. The Hall–Kier alpha value is -3.15. The predicted molar refractivity (Wildman–Crippen MR) is 106 cm³/mol. The molecule has 0 saturated heterocycles. The van der Waals surface area contributed by atoms with Crippen molar-refractivity contribution < 1.29 is 9.53 Å². The van der Waals surface area contributed by atoms with Crippen LogP contribution in [-0.2, 0) is 6.54 Å². The summed E-state index contributed by atoms with van der Waals surface area (Å²) < 4.78 is 6.66. The summed E-state index contributed by atoms with van der Waals surface area (Å²) in [7, 11) is 1.53. The number of fused-ring (bicyclic) bond motifs is 1. The van der Waals surface area contributed by atoms with Gasteiger partial charge in [-0.15, -0.1) is 0 Å². The van der Waals surface area contributed by atoms with Crippen LogP contribution in [0.15, 0.2) is 53.6 Å². The lowest BCUT2D eigenvalue weighted by molar-refractivity contribution is 0.102. The summed E-state index contributed by atoms with van der Waals surface area (Å²) in [6.07, 6.45) is 4.05. The maximum atomic E-state index is 12.9. The van der Waals surface area contributed by atoms with Crippen molar-refractivity contribution >= 4 is 22.4 Å². The summed E-state index contributed by atoms with van der Waals surface area (Å²) in [6.45, 7) is 4.79. The smallest absolute Gasteiger partial charge is 0.258 e. The number of amides is 1. The second-order valence-electron chi connectivity index (χ2n) is 6.81. The number of aromatic nitrogens is 2. The fraction of sp³-hybridized carbons (Fsp3) is 0.286. The Bertz CT molecular complexity index is 1010. The average Bonchev–Trinajstić information content (AvgIpc) is 2.68. The molecule has 0 aliphatic rings. The summed E-state index contributed by atoms with van der Waals surface area (Å²) >= 11 is 0. The number of carbonyl (C=O) groups excluding carboxylic acids is 1. The predicted octanol–water partition coefficient (Wildman–Crippen LogP) is 3.70. The molecule has 0 spiro atoms. The van der Waals surface area contributed by atoms with Crippen LogP contribution in [0.2, 0.25) is 0 Å². The first-order valence-corrected chi connectivity index (χ1v) is 8.93. The lowest BCUT2D eigenvalue weighted by Gasteiger charge is -2.13. The van der Waals surface area contributed by atoms with Crippen LogP contribution < -0.4 is 15.6 Å². The zero-order valence-electron chi connectivity index (χ0n) is 15.7. The highest BCUT2D eigenvalue weighted by Crippen LogP contribution is 2.18. The number of carbonyl (C=O) groups is 1. The van der Waals surface area contributed by atoms with E-state index in [9.17, 15) is 9.59 Å². The largest absolute Gasteiger partial charge is 0.481 e. The Morgan fingerprint density at radius 1 is 1.19 bits per heavy atom. The summed E-state index contributed by atoms with van der Waals surface area (Å²) in [5.74, 6) is 0.656. The van der Waals surface area contributed by atoms with Gasteiger partial charge in [0.05, 0.1) is 24.6 Å². The first-order chi connectivity index (χ1) is 13.0. The number of hydrogen-bond donors (Lipinski definition) is 1. The van der Waals surface area contributed by atoms with Gasteiger partial charge in [-0.1, -0.05) is 32.0 Å². The van der Waals surface area contributed by atoms with Crippen LogP contribution in [0.1, 0.15) is 30.6 Å². The molecular formula is C21H23N3O3. The fourth-order valence-corrected chi connectivity index (χ4v) is 2.86. The molecule has 0 atom stereocenters. The SMILES string of the molecule is COc1ccc(NC(=O)c2cn(CCC(C)C)c(=O)c3ccccc23)cn1. The van der Waals surface area contributed by atoms with E-state index < -0.39 is 0 Å². The van der Waals surface area contributed by atoms with Gasteiger partial charge in [0.2, 0.25) is 5.88 Å². The number of nitrogens with zero attached hydrogens (tertiary/aromatic N) is 2. The highest BCUT2D eigenvalue weighted by Gasteiger charge is 2.15. The Morgan fingerprint density at radius 2 is 1.93 bits per heavy atom. The van der Waals surface area contributed by atoms with Crippen LogP contribution >= 0.6 is 0 Å². The van der Waals surface area contributed by atoms with Crippen LogP contribution in [0.25, 0.3) is 10.8 Å². The van der Waals surface area contributed by atoms with Gasteiger partial charge in [-0.25, -0.2) is 4.98 Å². The van der Waals surface area contributed by atoms with Crippen molar-refractivity contribution in [2.24, 2.45) is 5.92 Å². The molecule has 0 radical (unpaired) electrons. The number of nitrogens with one attached hydrogen (secondary N) is 1. The lowest BCUT2D eigenvalue weighted by Crippen LogP contribution is -2.24. The number of aryl methyl sites for hydroxylation is 1. The van der Waals surface area contributed by atoms with Crippen molar-refractivity contribution in [1.29, 1.82) is 0 Å². The van der Waals surface area contributed by atoms with Gasteiger partial charge >= 0.3 is 0 Å². The van der Waals surface area contributed by atoms with E-state index in [1.54, 1.807) is 35.0 Å². The van der Waals surface area contributed by atoms with E-state index in [4.69, 9.17) is 4.74 Å². The van der Waals surface area contributed by atoms with Gasteiger partial charge in [0.25, 0.3) is 11.5 Å². The van der Waals surface area contributed by atoms with Crippen molar-refractivity contribution in [2.45, 2.75) is 26.8 Å². The Balaban J connectivity index is 1.99. The van der Waals surface area contributed by atoms with E-state index in [1.807, 2.05) is 12.1 Å². The first-order valence-electron chi connectivity index (χ1n) is 8.93. The number of anilines is 1. The topological polar surface area (TPSA) is 73.2 Å². The van der Waals surface area contributed by atoms with Crippen molar-refractivity contribution in [2.75, 3.05) is 12.4 Å². The molecule has 2 heterocycles. The molecule has 0 unspecified atom stereocenters. The number of rotatable bonds is 6. The van der Waals surface area contributed by atoms with Crippen LogP contribution in [-0.4, -0.2) is 22.6 Å². The van der Waals surface area contributed by atoms with Crippen LogP contribution in [0.3, 0.4) is 0 Å². The molecule has 1 amide bonds. The third-order valence-electron chi connectivity index (χ3n) is 4.39. The second-order valence-corrected chi connectivity index (χ2v) is 6.81. The standard InChI is InChI=1S/C21H23N3O3/c1-14(2)10-11-24-13-18(16-6-4-5-7-17(16)21(24)26)20(25)23-15-8-9-19(27-3)22-12-15/h4-9,12-14H,10-11H2,1-3H3,(H,23,25). The van der Waals surface area contributed by atoms with Crippen molar-refractivity contribution in [3.63, 3.8) is 0 Å². The molecule has 3 aromatic rings. The van der Waals surface area contributed by atoms with Crippen molar-refractivity contribution in [3.05, 3.63) is 64.7 Å². The first kappa shape index (κ1) is 18.6. The third-order valence-corrected chi connectivity index (χ3v) is 4.39. The van der Waals surface area contributed by atoms with E-state index in [-0.39, 0.29) is 11.5 Å². The van der Waals surface area contributed by atoms with E-state index in [2.05, 4.69) is 24.1 Å². The lowest BCUT2D eigenvalue weighted by atomic mass is 10.1. The summed E-state index contributed by atoms with van der Waals surface area (Å²) in [6, 6.07) is 10.6. The quantitative estimate of drug-likeness (QED) is 0.723. The van der Waals surface area contributed by atoms with E-state index in [1.165, 1.54) is 13.3 Å². The van der Waals surface area contributed by atoms with Gasteiger partial charge in [0.15, 0.2) is 0 Å². The molecule has 6 heteroatoms. The molecule has 0 aliphatic carbocycles. The number of ether oxygens (including phenoxy) is 1. The van der Waals surface area contributed by atoms with Gasteiger partial charge in [0.1, 0.15) is 0 Å². The summed E-state index contributed by atoms with van der Waals surface area (Å²) in [4.78, 5) is 29.7. The molecule has 0 fully saturated rings. The molecule has 3 rings (SSSR count). The second kappa shape index (κ2) is 8.03. The monoisotopic (exact) mass is 365 g/mol. The number of hydrogen-bond acceptors (Lipinski definition) is 4. The number of benzene rings is 1. The Kier molecular flexibility index (Phi) is 5.54. The van der Waals surface area contributed by atoms with Gasteiger partial charge < -0.3 is 14.6 Å². The van der Waals surface area contributed by atoms with Crippen LogP contribution in [0, 0.1) is 5.92 Å². The molecule has 0 saturated carbocycles. The molecule has 0 bridgehead atoms. The zero-order chi connectivity index (χ0) is 19.4. The highest BCUT2D eigenvalue weighted by molar-refractivity contribution is 6.12. The van der Waals surface area contributed by atoms with E-state index in [0.29, 0.717) is 40.4 Å². The minimum atomic E-state index is -0.281. The fourth-order valence-electron chi connectivity index (χ4n) is 2.86. The molecule has 140 valence electrons. The normalized spacial score (nSPS) is 11.0. The van der Waals surface area contributed by atoms with Crippen LogP contribution in [0.4, 0.5) is 5.69 Å². The van der Waals surface area contributed by atoms with Gasteiger partial charge in [-0.2, -0.15) is 0 Å².